The Bertz CT molecular complexity index is 943. The van der Waals surface area contributed by atoms with E-state index in [9.17, 15) is 13.2 Å². The average molecular weight is 424 g/mol. The lowest BCUT2D eigenvalue weighted by Crippen LogP contribution is -2.45. The number of benzene rings is 1. The molecule has 0 aliphatic carbocycles. The summed E-state index contributed by atoms with van der Waals surface area (Å²) in [5.41, 5.74) is 1.28. The van der Waals surface area contributed by atoms with Crippen LogP contribution in [-0.4, -0.2) is 67.0 Å². The standard InChI is InChI=1S/C19H29N5O4S/c1-3-4-9-20-19(25)15-6-5-10-23(14-15)29(26,27)16-7-8-18-17(13-16)21-22-24(18)11-12-28-2/h7-8,13,15H,3-6,9-12,14H2,1-2H3,(H,20,25)/t15-/m1/s1. The van der Waals surface area contributed by atoms with Crippen molar-refractivity contribution in [3.63, 3.8) is 0 Å². The SMILES string of the molecule is CCCCNC(=O)[C@@H]1CCCN(S(=O)(=O)c2ccc3c(c2)nnn3CCOC)C1. The van der Waals surface area contributed by atoms with E-state index >= 15 is 0 Å². The molecule has 1 aliphatic heterocycles. The molecule has 1 fully saturated rings. The first-order valence-corrected chi connectivity index (χ1v) is 11.5. The third kappa shape index (κ3) is 4.93. The van der Waals surface area contributed by atoms with Crippen molar-refractivity contribution in [3.8, 4) is 0 Å². The van der Waals surface area contributed by atoms with E-state index < -0.39 is 10.0 Å². The van der Waals surface area contributed by atoms with Crippen LogP contribution in [0.1, 0.15) is 32.6 Å². The second-order valence-corrected chi connectivity index (χ2v) is 9.24. The van der Waals surface area contributed by atoms with Crippen LogP contribution in [0.5, 0.6) is 0 Å². The van der Waals surface area contributed by atoms with Gasteiger partial charge >= 0.3 is 0 Å². The molecule has 0 saturated carbocycles. The van der Waals surface area contributed by atoms with E-state index in [1.165, 1.54) is 4.31 Å². The van der Waals surface area contributed by atoms with Gasteiger partial charge in [0.15, 0.2) is 0 Å². The van der Waals surface area contributed by atoms with Crippen LogP contribution < -0.4 is 5.32 Å². The zero-order valence-electron chi connectivity index (χ0n) is 17.0. The summed E-state index contributed by atoms with van der Waals surface area (Å²) in [5.74, 6) is -0.371. The Labute approximate surface area is 171 Å². The maximum absolute atomic E-state index is 13.2. The van der Waals surface area contributed by atoms with Crippen molar-refractivity contribution < 1.29 is 17.9 Å². The lowest BCUT2D eigenvalue weighted by molar-refractivity contribution is -0.126. The molecule has 1 amide bonds. The molecule has 1 saturated heterocycles. The zero-order chi connectivity index (χ0) is 20.9. The van der Waals surface area contributed by atoms with E-state index in [1.54, 1.807) is 30.0 Å². The molecule has 0 radical (unpaired) electrons. The van der Waals surface area contributed by atoms with Crippen LogP contribution in [0.4, 0.5) is 0 Å². The quantitative estimate of drug-likeness (QED) is 0.611. The molecule has 2 heterocycles. The van der Waals surface area contributed by atoms with E-state index in [2.05, 4.69) is 22.6 Å². The Kier molecular flexibility index (Phi) is 7.20. The summed E-state index contributed by atoms with van der Waals surface area (Å²) in [4.78, 5) is 12.6. The van der Waals surface area contributed by atoms with Gasteiger partial charge in [0.25, 0.3) is 0 Å². The Balaban J connectivity index is 1.74. The van der Waals surface area contributed by atoms with Gasteiger partial charge < -0.3 is 10.1 Å². The first kappa shape index (κ1) is 21.7. The highest BCUT2D eigenvalue weighted by molar-refractivity contribution is 7.89. The van der Waals surface area contributed by atoms with Crippen molar-refractivity contribution in [1.29, 1.82) is 0 Å². The van der Waals surface area contributed by atoms with E-state index in [0.717, 1.165) is 18.4 Å². The van der Waals surface area contributed by atoms with Gasteiger partial charge in [-0.05, 0) is 37.5 Å². The second kappa shape index (κ2) is 9.64. The third-order valence-corrected chi connectivity index (χ3v) is 7.08. The summed E-state index contributed by atoms with van der Waals surface area (Å²) in [6.45, 7) is 4.36. The number of hydrogen-bond acceptors (Lipinski definition) is 6. The first-order valence-electron chi connectivity index (χ1n) is 10.1. The fraction of sp³-hybridized carbons (Fsp3) is 0.632. The maximum Gasteiger partial charge on any atom is 0.243 e. The van der Waals surface area contributed by atoms with Crippen molar-refractivity contribution >= 4 is 27.0 Å². The molecule has 9 nitrogen and oxygen atoms in total. The van der Waals surface area contributed by atoms with E-state index in [-0.39, 0.29) is 23.3 Å². The van der Waals surface area contributed by atoms with Gasteiger partial charge in [-0.1, -0.05) is 18.6 Å². The van der Waals surface area contributed by atoms with Crippen molar-refractivity contribution in [1.82, 2.24) is 24.6 Å². The first-order chi connectivity index (χ1) is 14.0. The number of rotatable bonds is 9. The largest absolute Gasteiger partial charge is 0.383 e. The number of carbonyl (C=O) groups is 1. The highest BCUT2D eigenvalue weighted by Crippen LogP contribution is 2.26. The number of piperidine rings is 1. The highest BCUT2D eigenvalue weighted by atomic mass is 32.2. The summed E-state index contributed by atoms with van der Waals surface area (Å²) < 4.78 is 34.5. The van der Waals surface area contributed by atoms with Crippen LogP contribution in [0, 0.1) is 5.92 Å². The number of ether oxygens (including phenoxy) is 1. The molecule has 0 bridgehead atoms. The van der Waals surface area contributed by atoms with Gasteiger partial charge in [0.1, 0.15) is 5.52 Å². The van der Waals surface area contributed by atoms with Gasteiger partial charge in [-0.3, -0.25) is 4.79 Å². The summed E-state index contributed by atoms with van der Waals surface area (Å²) in [7, 11) is -2.09. The van der Waals surface area contributed by atoms with E-state index in [0.29, 0.717) is 44.6 Å². The molecule has 3 rings (SSSR count). The molecule has 2 aromatic rings. The number of hydrogen-bond donors (Lipinski definition) is 1. The zero-order valence-corrected chi connectivity index (χ0v) is 17.8. The van der Waals surface area contributed by atoms with E-state index in [4.69, 9.17) is 4.74 Å². The van der Waals surface area contributed by atoms with Crippen molar-refractivity contribution in [2.45, 2.75) is 44.0 Å². The molecular weight excluding hydrogens is 394 g/mol. The fourth-order valence-electron chi connectivity index (χ4n) is 3.51. The molecule has 0 spiro atoms. The van der Waals surface area contributed by atoms with Gasteiger partial charge in [0.05, 0.1) is 29.5 Å². The van der Waals surface area contributed by atoms with Gasteiger partial charge in [0.2, 0.25) is 15.9 Å². The highest BCUT2D eigenvalue weighted by Gasteiger charge is 2.33. The summed E-state index contributed by atoms with van der Waals surface area (Å²) in [6, 6.07) is 4.85. The number of aromatic nitrogens is 3. The summed E-state index contributed by atoms with van der Waals surface area (Å²) in [5, 5.41) is 11.1. The predicted octanol–water partition coefficient (Wildman–Crippen LogP) is 1.39. The molecule has 0 unspecified atom stereocenters. The van der Waals surface area contributed by atoms with Gasteiger partial charge in [-0.15, -0.1) is 5.10 Å². The molecule has 29 heavy (non-hydrogen) atoms. The summed E-state index contributed by atoms with van der Waals surface area (Å²) >= 11 is 0. The van der Waals surface area contributed by atoms with E-state index in [1.807, 2.05) is 0 Å². The molecule has 1 aliphatic rings. The van der Waals surface area contributed by atoms with Crippen LogP contribution in [0.3, 0.4) is 0 Å². The number of unbranched alkanes of at least 4 members (excludes halogenated alkanes) is 1. The minimum absolute atomic E-state index is 0.0603. The third-order valence-electron chi connectivity index (χ3n) is 5.21. The lowest BCUT2D eigenvalue weighted by atomic mass is 9.99. The lowest BCUT2D eigenvalue weighted by Gasteiger charge is -2.31. The Morgan fingerprint density at radius 2 is 2.21 bits per heavy atom. The number of sulfonamides is 1. The minimum Gasteiger partial charge on any atom is -0.383 e. The van der Waals surface area contributed by atoms with Crippen molar-refractivity contribution in [3.05, 3.63) is 18.2 Å². The normalized spacial score (nSPS) is 18.2. The van der Waals surface area contributed by atoms with Crippen LogP contribution in [0.25, 0.3) is 11.0 Å². The Morgan fingerprint density at radius 1 is 1.38 bits per heavy atom. The number of nitrogens with one attached hydrogen (secondary N) is 1. The smallest absolute Gasteiger partial charge is 0.243 e. The van der Waals surface area contributed by atoms with Crippen LogP contribution in [-0.2, 0) is 26.1 Å². The Hall–Kier alpha value is -2.04. The second-order valence-electron chi connectivity index (χ2n) is 7.30. The molecule has 1 aromatic heterocycles. The monoisotopic (exact) mass is 423 g/mol. The average Bonchev–Trinajstić information content (AvgIpc) is 3.14. The summed E-state index contributed by atoms with van der Waals surface area (Å²) in [6.07, 6.45) is 3.30. The molecule has 1 aromatic carbocycles. The molecule has 10 heteroatoms. The predicted molar refractivity (Wildman–Crippen MR) is 109 cm³/mol. The molecular formula is C19H29N5O4S. The van der Waals surface area contributed by atoms with Crippen molar-refractivity contribution in [2.24, 2.45) is 5.92 Å². The topological polar surface area (TPSA) is 106 Å². The van der Waals surface area contributed by atoms with Crippen molar-refractivity contribution in [2.75, 3.05) is 33.4 Å². The van der Waals surface area contributed by atoms with Crippen LogP contribution in [0.15, 0.2) is 23.1 Å². The van der Waals surface area contributed by atoms with Gasteiger partial charge in [-0.25, -0.2) is 13.1 Å². The number of amides is 1. The van der Waals surface area contributed by atoms with Crippen LogP contribution in [0.2, 0.25) is 0 Å². The van der Waals surface area contributed by atoms with Gasteiger partial charge in [-0.2, -0.15) is 4.31 Å². The maximum atomic E-state index is 13.2. The Morgan fingerprint density at radius 3 is 2.97 bits per heavy atom. The molecule has 1 atom stereocenters. The van der Waals surface area contributed by atoms with Crippen LogP contribution >= 0.6 is 0 Å². The number of nitrogens with zero attached hydrogens (tertiary/aromatic N) is 4. The number of carbonyl (C=O) groups excluding carboxylic acids is 1. The number of fused-ring (bicyclic) bond motifs is 1. The minimum atomic E-state index is -3.70. The van der Waals surface area contributed by atoms with Gasteiger partial charge in [0, 0.05) is 26.7 Å². The fourth-order valence-corrected chi connectivity index (χ4v) is 5.06. The molecule has 1 N–H and O–H groups in total. The molecule has 160 valence electrons. The number of methoxy groups -OCH3 is 1.